The minimum atomic E-state index is -5.87. The maximum Gasteiger partial charge on any atom is 0.490 e. The molecule has 0 aromatic carbocycles. The van der Waals surface area contributed by atoms with Crippen LogP contribution in [0.2, 0.25) is 0 Å². The molecule has 8 rings (SSSR count). The Bertz CT molecular complexity index is 3850. The second kappa shape index (κ2) is 31.4. The number of aromatic nitrogens is 4. The Kier molecular flexibility index (Phi) is 27.3. The number of phosphoric ester groups is 3. The Hall–Kier alpha value is -5.16. The molecule has 4 saturated heterocycles. The van der Waals surface area contributed by atoms with Crippen LogP contribution in [0.4, 0.5) is 17.6 Å². The van der Waals surface area contributed by atoms with Gasteiger partial charge in [-0.05, 0) is 0 Å². The van der Waals surface area contributed by atoms with Crippen LogP contribution in [0.5, 0.6) is 0 Å². The number of carbonyl (C=O) groups excluding carboxylic acids is 2. The number of hydrogen-bond acceptors (Lipinski definition) is 33. The Balaban J connectivity index is 0.000000278. The number of nitrogens with zero attached hydrogens (tertiary/aromatic N) is 4. The SMILES string of the molecule is C.C=C1NC(=O)C=CN1[C@@H]1O[C@](F)(CO)[C@@H](O)[C@H]1O.C=C1NC(=O)C=CN1[C@@H]1O[C@](F)(COP(=O)(O)OP(=O)(O)O)[C@@H](O)[C@H]1O.O=c1ccn([C@@H]2O[C@](F)(COP(=O)(O)O)[C@@H](O)[C@H]2O)c(=O)[nH]1.O=c1ccn([C@@H]2O[C@](F)(COP(=O)(O)OP(=O)(O)OP(=O)(O)O)[C@@H](O)[C@H]2O)c(=O)[nH]1. The lowest BCUT2D eigenvalue weighted by Gasteiger charge is -2.32. The van der Waals surface area contributed by atoms with E-state index in [0.29, 0.717) is 9.13 Å². The number of carbonyl (C=O) groups is 2. The van der Waals surface area contributed by atoms with Crippen LogP contribution in [0.25, 0.3) is 0 Å². The largest absolute Gasteiger partial charge is 0.490 e. The van der Waals surface area contributed by atoms with Crippen LogP contribution in [-0.4, -0.2) is 242 Å². The van der Waals surface area contributed by atoms with Gasteiger partial charge >= 0.3 is 58.3 Å². The van der Waals surface area contributed by atoms with Crippen molar-refractivity contribution in [1.29, 1.82) is 0 Å². The van der Waals surface area contributed by atoms with Gasteiger partial charge in [-0.15, -0.1) is 0 Å². The van der Waals surface area contributed by atoms with Gasteiger partial charge in [0.2, 0.25) is 0 Å². The molecule has 4 fully saturated rings. The predicted molar refractivity (Wildman–Crippen MR) is 293 cm³/mol. The summed E-state index contributed by atoms with van der Waals surface area (Å²) in [6.45, 7) is 1.20. The van der Waals surface area contributed by atoms with E-state index in [1.165, 1.54) is 6.20 Å². The van der Waals surface area contributed by atoms with E-state index >= 15 is 0 Å². The standard InChI is InChI=1S/C10H15FN2O11P2.C10H13FN2O5.C9H14FN2O15P3.C9H12FN2O9P.CH4/c1-5-12-6(14)2-3-13(5)9-7(15)8(16)10(11,23-9)4-22-26(20,21)24-25(17,18)19;1-5-12-6(15)2-3-13(5)9-7(16)8(17)10(11,4-14)18-9;10-9(3-24-29(20,21)27-30(22,23)26-28(17,18)19)6(15)5(14)7(25-9)12-2-1-4(13)11-8(12)16;10-9(3-20-22(17,18)19)6(15)5(14)7(21-9)12-2-1-4(13)11-8(12)16;/h2-3,7-9,15-16H,1,4H2,(H,12,14)(H,20,21)(H2,17,18,19);2-3,7-9,14,16-17H,1,4H2,(H,12,15);1-2,5-7,14-15H,3H2,(H,20,21)(H,22,23)(H,11,13,16)(H2,17,18,19);1-2,5-7,14-15H,3H2,(H,11,13,16)(H2,17,18,19);1H4/t2*7-,8+,9-,10-;2*5-,6+,7-,9-;/m1111./s1. The van der Waals surface area contributed by atoms with Crippen molar-refractivity contribution in [1.82, 2.24) is 39.5 Å². The third kappa shape index (κ3) is 21.9. The normalized spacial score (nSPS) is 33.8. The number of ether oxygens (including phenoxy) is 4. The van der Waals surface area contributed by atoms with Crippen molar-refractivity contribution in [2.75, 3.05) is 26.4 Å². The number of amides is 2. The predicted octanol–water partition coefficient (Wildman–Crippen LogP) is -7.49. The number of alkyl halides is 4. The highest BCUT2D eigenvalue weighted by Crippen LogP contribution is 2.67. The number of aliphatic hydroxyl groups is 9. The van der Waals surface area contributed by atoms with Gasteiger partial charge in [0.05, 0.1) is 0 Å². The highest BCUT2D eigenvalue weighted by atomic mass is 31.3. The zero-order valence-corrected chi connectivity index (χ0v) is 52.2. The summed E-state index contributed by atoms with van der Waals surface area (Å²) in [5, 5.41) is 91.5. The molecule has 19 atom stereocenters. The lowest BCUT2D eigenvalue weighted by Crippen LogP contribution is -2.46. The molecule has 3 unspecified atom stereocenters. The highest BCUT2D eigenvalue weighted by molar-refractivity contribution is 7.66. The Labute approximate surface area is 533 Å². The van der Waals surface area contributed by atoms with Gasteiger partial charge in [-0.1, -0.05) is 20.6 Å². The molecule has 0 aliphatic carbocycles. The average molecular weight is 1540 g/mol. The number of hydrogen-bond donors (Lipinski definition) is 22. The Morgan fingerprint density at radius 2 is 0.763 bits per heavy atom. The van der Waals surface area contributed by atoms with Crippen molar-refractivity contribution in [3.63, 3.8) is 0 Å². The summed E-state index contributed by atoms with van der Waals surface area (Å²) < 4.78 is 166. The molecule has 6 aliphatic heterocycles. The molecule has 2 aromatic rings. The molecule has 0 saturated carbocycles. The summed E-state index contributed by atoms with van der Waals surface area (Å²) in [5.74, 6) is -13.7. The van der Waals surface area contributed by atoms with Crippen LogP contribution < -0.4 is 33.1 Å². The van der Waals surface area contributed by atoms with E-state index in [-0.39, 0.29) is 19.1 Å². The fourth-order valence-electron chi connectivity index (χ4n) is 8.06. The average Bonchev–Trinajstić information content (AvgIpc) is 1.65. The lowest BCUT2D eigenvalue weighted by atomic mass is 10.1. The van der Waals surface area contributed by atoms with E-state index in [9.17, 15) is 119 Å². The van der Waals surface area contributed by atoms with Crippen molar-refractivity contribution >= 4 is 58.8 Å². The number of nitrogens with one attached hydrogen (secondary N) is 4. The summed E-state index contributed by atoms with van der Waals surface area (Å²) in [4.78, 5) is 151. The number of phosphoric acid groups is 6. The Morgan fingerprint density at radius 3 is 1.07 bits per heavy atom. The molecular weight excluding hydrogens is 1480 g/mol. The molecule has 0 spiro atoms. The molecule has 6 aliphatic rings. The first-order valence-corrected chi connectivity index (χ1v) is 34.0. The van der Waals surface area contributed by atoms with E-state index in [1.54, 1.807) is 4.98 Å². The van der Waals surface area contributed by atoms with Crippen molar-refractivity contribution in [2.24, 2.45) is 0 Å². The molecule has 8 heterocycles. The maximum absolute atomic E-state index is 14.8. The molecule has 552 valence electrons. The number of aliphatic hydroxyl groups excluding tert-OH is 9. The first-order chi connectivity index (χ1) is 43.6. The summed E-state index contributed by atoms with van der Waals surface area (Å²) in [7, 11) is -33.2. The van der Waals surface area contributed by atoms with Gasteiger partial charge in [0.1, 0.15) is 86.9 Å². The first-order valence-electron chi connectivity index (χ1n) is 24.9. The molecule has 22 N–H and O–H groups in total. The summed E-state index contributed by atoms with van der Waals surface area (Å²) in [6, 6.07) is 1.70. The summed E-state index contributed by atoms with van der Waals surface area (Å²) >= 11 is 0. The van der Waals surface area contributed by atoms with E-state index in [4.69, 9.17) is 53.7 Å². The molecule has 0 radical (unpaired) electrons. The fourth-order valence-corrected chi connectivity index (χ4v) is 13.0. The monoisotopic (exact) mass is 1540 g/mol. The van der Waals surface area contributed by atoms with Crippen LogP contribution in [0.3, 0.4) is 0 Å². The van der Waals surface area contributed by atoms with Gasteiger partial charge in [-0.25, -0.2) is 54.5 Å². The van der Waals surface area contributed by atoms with Crippen LogP contribution >= 0.6 is 46.9 Å². The van der Waals surface area contributed by atoms with E-state index in [0.717, 1.165) is 52.7 Å². The fraction of sp³-hybridized carbons (Fsp3) is 0.538. The topological polar surface area (TPSA) is 733 Å². The zero-order valence-electron chi connectivity index (χ0n) is 46.8. The maximum atomic E-state index is 14.8. The number of rotatable bonds is 20. The molecule has 0 bridgehead atoms. The molecule has 58 heteroatoms. The van der Waals surface area contributed by atoms with Gasteiger partial charge in [-0.2, -0.15) is 12.9 Å². The summed E-state index contributed by atoms with van der Waals surface area (Å²) in [5.41, 5.74) is -3.80. The van der Waals surface area contributed by atoms with Crippen molar-refractivity contribution < 1.29 is 190 Å². The van der Waals surface area contributed by atoms with Crippen LogP contribution in [-0.2, 0) is 82.4 Å². The van der Waals surface area contributed by atoms with Crippen molar-refractivity contribution in [3.05, 3.63) is 116 Å². The lowest BCUT2D eigenvalue weighted by molar-refractivity contribution is -0.210. The smallest absolute Gasteiger partial charge is 0.390 e. The minimum Gasteiger partial charge on any atom is -0.390 e. The second-order valence-electron chi connectivity index (χ2n) is 19.4. The van der Waals surface area contributed by atoms with Gasteiger partial charge in [0.15, 0.2) is 24.9 Å². The van der Waals surface area contributed by atoms with Gasteiger partial charge in [0.25, 0.3) is 46.4 Å². The van der Waals surface area contributed by atoms with E-state index in [1.807, 2.05) is 4.98 Å². The quantitative estimate of drug-likeness (QED) is 0.0432. The number of halogens is 4. The molecule has 2 aromatic heterocycles. The molecular formula is C39H58F4N8O40P6. The highest BCUT2D eigenvalue weighted by Gasteiger charge is 2.61. The van der Waals surface area contributed by atoms with Crippen LogP contribution in [0, 0.1) is 0 Å². The van der Waals surface area contributed by atoms with Crippen LogP contribution in [0.1, 0.15) is 19.9 Å². The second-order valence-corrected chi connectivity index (χ2v) is 27.9. The van der Waals surface area contributed by atoms with Crippen LogP contribution in [0.15, 0.2) is 93.1 Å². The Morgan fingerprint density at radius 1 is 0.464 bits per heavy atom. The minimum absolute atomic E-state index is 0. The molecule has 2 amide bonds. The van der Waals surface area contributed by atoms with E-state index in [2.05, 4.69) is 59.8 Å². The van der Waals surface area contributed by atoms with Gasteiger partial charge in [0, 0.05) is 49.1 Å². The molecule has 48 nitrogen and oxygen atoms in total. The third-order valence-corrected chi connectivity index (χ3v) is 18.7. The first kappa shape index (κ1) is 84.3. The summed E-state index contributed by atoms with van der Waals surface area (Å²) in [6.07, 6.45) is -17.0. The zero-order chi connectivity index (χ0) is 73.2. The number of aromatic amines is 2. The molecule has 97 heavy (non-hydrogen) atoms. The van der Waals surface area contributed by atoms with E-state index < -0.39 is 205 Å². The number of H-pyrrole nitrogens is 2. The van der Waals surface area contributed by atoms with Crippen molar-refractivity contribution in [3.8, 4) is 0 Å². The van der Waals surface area contributed by atoms with Gasteiger partial charge < -0.3 is 129 Å². The van der Waals surface area contributed by atoms with Gasteiger partial charge in [-0.3, -0.25) is 51.9 Å². The third-order valence-electron chi connectivity index (χ3n) is 12.3. The van der Waals surface area contributed by atoms with Crippen molar-refractivity contribution in [2.45, 2.75) is 105 Å².